The van der Waals surface area contributed by atoms with Crippen LogP contribution in [0.25, 0.3) is 0 Å². The van der Waals surface area contributed by atoms with Crippen molar-refractivity contribution < 1.29 is 0 Å². The summed E-state index contributed by atoms with van der Waals surface area (Å²) in [6.07, 6.45) is 0. The van der Waals surface area contributed by atoms with Gasteiger partial charge in [0.25, 0.3) is 0 Å². The Bertz CT molecular complexity index is 357. The fraction of sp³-hybridized carbons (Fsp3) is 0.571. The van der Waals surface area contributed by atoms with Gasteiger partial charge in [0.05, 0.1) is 0 Å². The molecule has 1 aromatic rings. The van der Waals surface area contributed by atoms with Gasteiger partial charge in [0, 0.05) is 42.9 Å². The molecule has 0 radical (unpaired) electrons. The summed E-state index contributed by atoms with van der Waals surface area (Å²) >= 11 is 3.54. The number of nitrogens with zero attached hydrogens (tertiary/aromatic N) is 2. The summed E-state index contributed by atoms with van der Waals surface area (Å²) in [6.45, 7) is 10.5. The fourth-order valence-corrected chi connectivity index (χ4v) is 2.77. The number of benzene rings is 1. The summed E-state index contributed by atoms with van der Waals surface area (Å²) in [5.41, 5.74) is 1.34. The molecule has 1 fully saturated rings. The van der Waals surface area contributed by atoms with Crippen molar-refractivity contribution in [2.75, 3.05) is 37.6 Å². The van der Waals surface area contributed by atoms with Crippen LogP contribution in [0.3, 0.4) is 0 Å². The van der Waals surface area contributed by atoms with Gasteiger partial charge in [-0.3, -0.25) is 4.90 Å². The molecule has 0 aliphatic carbocycles. The van der Waals surface area contributed by atoms with Crippen LogP contribution < -0.4 is 4.90 Å². The summed E-state index contributed by atoms with van der Waals surface area (Å²) in [6, 6.07) is 8.60. The lowest BCUT2D eigenvalue weighted by Gasteiger charge is -2.36. The van der Waals surface area contributed by atoms with E-state index in [0.29, 0.717) is 0 Å². The van der Waals surface area contributed by atoms with E-state index in [4.69, 9.17) is 0 Å². The molecule has 1 aliphatic rings. The number of piperazine rings is 1. The first kappa shape index (κ1) is 12.9. The minimum absolute atomic E-state index is 0.771. The lowest BCUT2D eigenvalue weighted by Crippen LogP contribution is -2.47. The van der Waals surface area contributed by atoms with E-state index in [0.717, 1.165) is 19.0 Å². The van der Waals surface area contributed by atoms with E-state index in [9.17, 15) is 0 Å². The Morgan fingerprint density at radius 3 is 2.47 bits per heavy atom. The van der Waals surface area contributed by atoms with Crippen LogP contribution in [0.4, 0.5) is 5.69 Å². The van der Waals surface area contributed by atoms with Crippen molar-refractivity contribution in [2.24, 2.45) is 5.92 Å². The van der Waals surface area contributed by atoms with E-state index in [1.807, 2.05) is 0 Å². The molecule has 1 saturated heterocycles. The molecule has 1 aliphatic heterocycles. The Hall–Kier alpha value is -0.540. The van der Waals surface area contributed by atoms with Crippen LogP contribution in [-0.2, 0) is 0 Å². The molecule has 2 rings (SSSR count). The molecule has 17 heavy (non-hydrogen) atoms. The molecule has 94 valence electrons. The third-order valence-corrected chi connectivity index (χ3v) is 3.66. The second kappa shape index (κ2) is 5.87. The zero-order valence-corrected chi connectivity index (χ0v) is 12.3. The average molecular weight is 297 g/mol. The van der Waals surface area contributed by atoms with E-state index >= 15 is 0 Å². The van der Waals surface area contributed by atoms with Crippen LogP contribution in [-0.4, -0.2) is 37.6 Å². The SMILES string of the molecule is CC(C)CN1CCN(c2cccc(Br)c2)CC1. The predicted molar refractivity (Wildman–Crippen MR) is 77.6 cm³/mol. The molecule has 0 bridgehead atoms. The van der Waals surface area contributed by atoms with E-state index in [1.54, 1.807) is 0 Å². The second-order valence-corrected chi connectivity index (χ2v) is 6.08. The smallest absolute Gasteiger partial charge is 0.0378 e. The summed E-state index contributed by atoms with van der Waals surface area (Å²) in [7, 11) is 0. The molecule has 3 heteroatoms. The van der Waals surface area contributed by atoms with E-state index in [2.05, 4.69) is 63.8 Å². The number of hydrogen-bond donors (Lipinski definition) is 0. The lowest BCUT2D eigenvalue weighted by molar-refractivity contribution is 0.231. The predicted octanol–water partition coefficient (Wildman–Crippen LogP) is 3.23. The van der Waals surface area contributed by atoms with Gasteiger partial charge in [-0.15, -0.1) is 0 Å². The number of anilines is 1. The third-order valence-electron chi connectivity index (χ3n) is 3.17. The van der Waals surface area contributed by atoms with Gasteiger partial charge in [-0.2, -0.15) is 0 Å². The Labute approximate surface area is 113 Å². The fourth-order valence-electron chi connectivity index (χ4n) is 2.38. The van der Waals surface area contributed by atoms with Gasteiger partial charge in [0.1, 0.15) is 0 Å². The normalized spacial score (nSPS) is 17.8. The van der Waals surface area contributed by atoms with Crippen LogP contribution in [0.5, 0.6) is 0 Å². The summed E-state index contributed by atoms with van der Waals surface area (Å²) < 4.78 is 1.17. The maximum atomic E-state index is 3.54. The van der Waals surface area contributed by atoms with Crippen molar-refractivity contribution in [3.63, 3.8) is 0 Å². The molecule has 0 atom stereocenters. The highest BCUT2D eigenvalue weighted by Crippen LogP contribution is 2.21. The first-order valence-corrected chi connectivity index (χ1v) is 7.17. The third kappa shape index (κ3) is 3.71. The van der Waals surface area contributed by atoms with Gasteiger partial charge in [-0.05, 0) is 24.1 Å². The number of rotatable bonds is 3. The molecule has 0 amide bonds. The molecule has 0 aromatic heterocycles. The molecule has 2 nitrogen and oxygen atoms in total. The van der Waals surface area contributed by atoms with Gasteiger partial charge in [-0.25, -0.2) is 0 Å². The van der Waals surface area contributed by atoms with Gasteiger partial charge < -0.3 is 4.90 Å². The second-order valence-electron chi connectivity index (χ2n) is 5.16. The molecule has 0 saturated carbocycles. The largest absolute Gasteiger partial charge is 0.369 e. The zero-order valence-electron chi connectivity index (χ0n) is 10.7. The van der Waals surface area contributed by atoms with Crippen LogP contribution in [0, 0.1) is 5.92 Å². The topological polar surface area (TPSA) is 6.48 Å². The van der Waals surface area contributed by atoms with Crippen molar-refractivity contribution in [3.8, 4) is 0 Å². The minimum Gasteiger partial charge on any atom is -0.369 e. The molecular weight excluding hydrogens is 276 g/mol. The first-order chi connectivity index (χ1) is 8.15. The van der Waals surface area contributed by atoms with E-state index < -0.39 is 0 Å². The van der Waals surface area contributed by atoms with Crippen molar-refractivity contribution in [1.82, 2.24) is 4.90 Å². The molecule has 0 N–H and O–H groups in total. The van der Waals surface area contributed by atoms with Crippen LogP contribution >= 0.6 is 15.9 Å². The van der Waals surface area contributed by atoms with Crippen molar-refractivity contribution >= 4 is 21.6 Å². The Kier molecular flexibility index (Phi) is 4.46. The van der Waals surface area contributed by atoms with Crippen molar-refractivity contribution in [2.45, 2.75) is 13.8 Å². The van der Waals surface area contributed by atoms with Crippen LogP contribution in [0.1, 0.15) is 13.8 Å². The highest BCUT2D eigenvalue weighted by atomic mass is 79.9. The highest BCUT2D eigenvalue weighted by molar-refractivity contribution is 9.10. The Morgan fingerprint density at radius 1 is 1.18 bits per heavy atom. The molecule has 0 spiro atoms. The Morgan fingerprint density at radius 2 is 1.88 bits per heavy atom. The molecule has 1 heterocycles. The van der Waals surface area contributed by atoms with Gasteiger partial charge in [-0.1, -0.05) is 35.8 Å². The zero-order chi connectivity index (χ0) is 12.3. The standard InChI is InChI=1S/C14H21BrN2/c1-12(2)11-16-6-8-17(9-7-16)14-5-3-4-13(15)10-14/h3-5,10,12H,6-9,11H2,1-2H3. The van der Waals surface area contributed by atoms with Crippen LogP contribution in [0.15, 0.2) is 28.7 Å². The minimum atomic E-state index is 0.771. The maximum Gasteiger partial charge on any atom is 0.0378 e. The molecule has 0 unspecified atom stereocenters. The van der Waals surface area contributed by atoms with Gasteiger partial charge >= 0.3 is 0 Å². The highest BCUT2D eigenvalue weighted by Gasteiger charge is 2.17. The van der Waals surface area contributed by atoms with E-state index in [1.165, 1.54) is 29.8 Å². The quantitative estimate of drug-likeness (QED) is 0.845. The maximum absolute atomic E-state index is 3.54. The molecule has 1 aromatic carbocycles. The van der Waals surface area contributed by atoms with Crippen molar-refractivity contribution in [1.29, 1.82) is 0 Å². The lowest BCUT2D eigenvalue weighted by atomic mass is 10.2. The Balaban J connectivity index is 1.91. The summed E-state index contributed by atoms with van der Waals surface area (Å²) in [5, 5.41) is 0. The van der Waals surface area contributed by atoms with E-state index in [-0.39, 0.29) is 0 Å². The average Bonchev–Trinajstić information content (AvgIpc) is 2.29. The van der Waals surface area contributed by atoms with Crippen molar-refractivity contribution in [3.05, 3.63) is 28.7 Å². The monoisotopic (exact) mass is 296 g/mol. The van der Waals surface area contributed by atoms with Crippen LogP contribution in [0.2, 0.25) is 0 Å². The van der Waals surface area contributed by atoms with Gasteiger partial charge in [0.2, 0.25) is 0 Å². The first-order valence-electron chi connectivity index (χ1n) is 6.38. The number of halogens is 1. The van der Waals surface area contributed by atoms with Gasteiger partial charge in [0.15, 0.2) is 0 Å². The number of hydrogen-bond acceptors (Lipinski definition) is 2. The molecular formula is C14H21BrN2. The summed E-state index contributed by atoms with van der Waals surface area (Å²) in [4.78, 5) is 5.04. The summed E-state index contributed by atoms with van der Waals surface area (Å²) in [5.74, 6) is 0.771.